The van der Waals surface area contributed by atoms with Gasteiger partial charge >= 0.3 is 6.18 Å². The van der Waals surface area contributed by atoms with E-state index in [1.807, 2.05) is 19.1 Å². The average Bonchev–Trinajstić information content (AvgIpc) is 2.57. The van der Waals surface area contributed by atoms with Crippen LogP contribution in [0.15, 0.2) is 12.1 Å². The van der Waals surface area contributed by atoms with E-state index in [1.165, 1.54) is 17.4 Å². The van der Waals surface area contributed by atoms with Crippen molar-refractivity contribution in [2.45, 2.75) is 19.6 Å². The Morgan fingerprint density at radius 1 is 1.50 bits per heavy atom. The molecule has 0 aliphatic carbocycles. The van der Waals surface area contributed by atoms with Crippen LogP contribution in [-0.4, -0.2) is 12.7 Å². The lowest BCUT2D eigenvalue weighted by atomic mass is 10.1. The SMILES string of the molecule is Cc1ccc(CNCC(C#N)C(F)(F)F)s1. The summed E-state index contributed by atoms with van der Waals surface area (Å²) in [5.74, 6) is -1.94. The molecule has 0 saturated heterocycles. The Kier molecular flexibility index (Phi) is 4.33. The van der Waals surface area contributed by atoms with E-state index in [2.05, 4.69) is 5.32 Å². The second kappa shape index (κ2) is 5.32. The number of hydrogen-bond donors (Lipinski definition) is 1. The van der Waals surface area contributed by atoms with Crippen LogP contribution >= 0.6 is 11.3 Å². The first-order valence-electron chi connectivity index (χ1n) is 4.66. The van der Waals surface area contributed by atoms with Gasteiger partial charge in [-0.2, -0.15) is 18.4 Å². The number of thiophene rings is 1. The lowest BCUT2D eigenvalue weighted by molar-refractivity contribution is -0.157. The molecule has 6 heteroatoms. The summed E-state index contributed by atoms with van der Waals surface area (Å²) in [5.41, 5.74) is 0. The molecule has 0 aromatic carbocycles. The van der Waals surface area contributed by atoms with E-state index in [-0.39, 0.29) is 6.54 Å². The molecule has 88 valence electrons. The number of rotatable bonds is 4. The molecule has 2 nitrogen and oxygen atoms in total. The van der Waals surface area contributed by atoms with Gasteiger partial charge in [0.05, 0.1) is 6.07 Å². The van der Waals surface area contributed by atoms with Crippen LogP contribution in [0.4, 0.5) is 13.2 Å². The topological polar surface area (TPSA) is 35.8 Å². The Labute approximate surface area is 95.7 Å². The predicted molar refractivity (Wildman–Crippen MR) is 55.9 cm³/mol. The largest absolute Gasteiger partial charge is 0.405 e. The van der Waals surface area contributed by atoms with Gasteiger partial charge in [0.25, 0.3) is 0 Å². The van der Waals surface area contributed by atoms with Crippen LogP contribution in [0.3, 0.4) is 0 Å². The summed E-state index contributed by atoms with van der Waals surface area (Å²) in [6.45, 7) is 1.94. The van der Waals surface area contributed by atoms with Gasteiger partial charge in [-0.15, -0.1) is 11.3 Å². The zero-order valence-electron chi connectivity index (χ0n) is 8.64. The molecule has 1 aromatic rings. The van der Waals surface area contributed by atoms with Crippen molar-refractivity contribution in [3.8, 4) is 6.07 Å². The first-order chi connectivity index (χ1) is 7.43. The van der Waals surface area contributed by atoms with Crippen LogP contribution in [0, 0.1) is 24.2 Å². The third-order valence-corrected chi connectivity index (χ3v) is 3.00. The number of nitrogens with one attached hydrogen (secondary N) is 1. The molecule has 1 aromatic heterocycles. The molecule has 0 amide bonds. The quantitative estimate of drug-likeness (QED) is 0.889. The minimum atomic E-state index is -4.45. The summed E-state index contributed by atoms with van der Waals surface area (Å²) < 4.78 is 36.6. The van der Waals surface area contributed by atoms with Gasteiger partial charge in [0.15, 0.2) is 5.92 Å². The van der Waals surface area contributed by atoms with Crippen LogP contribution in [0.5, 0.6) is 0 Å². The summed E-state index contributed by atoms with van der Waals surface area (Å²) in [5, 5.41) is 11.0. The van der Waals surface area contributed by atoms with Crippen LogP contribution in [0.2, 0.25) is 0 Å². The van der Waals surface area contributed by atoms with E-state index >= 15 is 0 Å². The van der Waals surface area contributed by atoms with E-state index in [1.54, 1.807) is 0 Å². The van der Waals surface area contributed by atoms with Gasteiger partial charge in [-0.25, -0.2) is 0 Å². The third kappa shape index (κ3) is 3.83. The summed E-state index contributed by atoms with van der Waals surface area (Å²) in [7, 11) is 0. The maximum absolute atomic E-state index is 12.2. The van der Waals surface area contributed by atoms with Crippen LogP contribution in [0.1, 0.15) is 9.75 Å². The average molecular weight is 248 g/mol. The highest BCUT2D eigenvalue weighted by Gasteiger charge is 2.39. The molecule has 16 heavy (non-hydrogen) atoms. The summed E-state index contributed by atoms with van der Waals surface area (Å²) in [6, 6.07) is 5.02. The zero-order valence-corrected chi connectivity index (χ0v) is 9.45. The molecule has 0 radical (unpaired) electrons. The zero-order chi connectivity index (χ0) is 12.2. The number of halogens is 3. The normalized spacial score (nSPS) is 13.4. The van der Waals surface area contributed by atoms with Gasteiger partial charge in [0.2, 0.25) is 0 Å². The lowest BCUT2D eigenvalue weighted by Gasteiger charge is -2.13. The fraction of sp³-hybridized carbons (Fsp3) is 0.500. The van der Waals surface area contributed by atoms with Crippen LogP contribution < -0.4 is 5.32 Å². The molecule has 0 aliphatic rings. The van der Waals surface area contributed by atoms with E-state index in [9.17, 15) is 13.2 Å². The van der Waals surface area contributed by atoms with Crippen molar-refractivity contribution in [3.63, 3.8) is 0 Å². The van der Waals surface area contributed by atoms with Crippen molar-refractivity contribution < 1.29 is 13.2 Å². The smallest absolute Gasteiger partial charge is 0.310 e. The predicted octanol–water partition coefficient (Wildman–Crippen LogP) is 2.85. The molecule has 0 aliphatic heterocycles. The Balaban J connectivity index is 2.38. The first kappa shape index (κ1) is 13.0. The minimum absolute atomic E-state index is 0.364. The molecule has 1 heterocycles. The van der Waals surface area contributed by atoms with Crippen molar-refractivity contribution in [1.82, 2.24) is 5.32 Å². The molecule has 1 atom stereocenters. The Morgan fingerprint density at radius 2 is 2.19 bits per heavy atom. The molecule has 0 bridgehead atoms. The van der Waals surface area contributed by atoms with Crippen LogP contribution in [-0.2, 0) is 6.54 Å². The van der Waals surface area contributed by atoms with Crippen molar-refractivity contribution in [2.75, 3.05) is 6.54 Å². The monoisotopic (exact) mass is 248 g/mol. The first-order valence-corrected chi connectivity index (χ1v) is 5.47. The molecular formula is C10H11F3N2S. The Morgan fingerprint density at radius 3 is 2.62 bits per heavy atom. The van der Waals surface area contributed by atoms with Gasteiger partial charge in [-0.1, -0.05) is 0 Å². The number of alkyl halides is 3. The number of nitriles is 1. The Hall–Kier alpha value is -1.06. The standard InChI is InChI=1S/C10H11F3N2S/c1-7-2-3-9(16-7)6-15-5-8(4-14)10(11,12)13/h2-3,8,15H,5-6H2,1H3. The molecule has 1 unspecified atom stereocenters. The molecule has 1 N–H and O–H groups in total. The van der Waals surface area contributed by atoms with Crippen molar-refractivity contribution in [1.29, 1.82) is 5.26 Å². The second-order valence-corrected chi connectivity index (χ2v) is 4.74. The highest BCUT2D eigenvalue weighted by atomic mass is 32.1. The lowest BCUT2D eigenvalue weighted by Crippen LogP contribution is -2.32. The van der Waals surface area contributed by atoms with Gasteiger partial charge in [0.1, 0.15) is 0 Å². The third-order valence-electron chi connectivity index (χ3n) is 1.99. The van der Waals surface area contributed by atoms with Crippen molar-refractivity contribution in [3.05, 3.63) is 21.9 Å². The maximum Gasteiger partial charge on any atom is 0.405 e. The second-order valence-electron chi connectivity index (χ2n) is 3.37. The van der Waals surface area contributed by atoms with Crippen molar-refractivity contribution in [2.24, 2.45) is 5.92 Å². The summed E-state index contributed by atoms with van der Waals surface area (Å²) >= 11 is 1.53. The van der Waals surface area contributed by atoms with E-state index < -0.39 is 12.1 Å². The fourth-order valence-corrected chi connectivity index (χ4v) is 2.01. The van der Waals surface area contributed by atoms with E-state index in [0.717, 1.165) is 9.75 Å². The number of aryl methyl sites for hydroxylation is 1. The number of hydrogen-bond acceptors (Lipinski definition) is 3. The summed E-state index contributed by atoms with van der Waals surface area (Å²) in [6.07, 6.45) is -4.45. The van der Waals surface area contributed by atoms with Gasteiger partial charge in [-0.3, -0.25) is 0 Å². The molecule has 0 spiro atoms. The highest BCUT2D eigenvalue weighted by Crippen LogP contribution is 2.25. The van der Waals surface area contributed by atoms with E-state index in [0.29, 0.717) is 6.54 Å². The van der Waals surface area contributed by atoms with Gasteiger partial charge in [0, 0.05) is 22.8 Å². The number of nitrogens with zero attached hydrogens (tertiary/aromatic N) is 1. The maximum atomic E-state index is 12.2. The van der Waals surface area contributed by atoms with E-state index in [4.69, 9.17) is 5.26 Å². The molecular weight excluding hydrogens is 237 g/mol. The van der Waals surface area contributed by atoms with Crippen LogP contribution in [0.25, 0.3) is 0 Å². The van der Waals surface area contributed by atoms with Gasteiger partial charge < -0.3 is 5.32 Å². The fourth-order valence-electron chi connectivity index (χ4n) is 1.15. The van der Waals surface area contributed by atoms with Gasteiger partial charge in [-0.05, 0) is 19.1 Å². The summed E-state index contributed by atoms with van der Waals surface area (Å²) in [4.78, 5) is 2.08. The highest BCUT2D eigenvalue weighted by molar-refractivity contribution is 7.11. The Bertz CT molecular complexity index is 378. The molecule has 0 fully saturated rings. The molecule has 1 rings (SSSR count). The van der Waals surface area contributed by atoms with Crippen molar-refractivity contribution >= 4 is 11.3 Å². The minimum Gasteiger partial charge on any atom is -0.310 e. The molecule has 0 saturated carbocycles.